The summed E-state index contributed by atoms with van der Waals surface area (Å²) in [5.41, 5.74) is -0.275. The van der Waals surface area contributed by atoms with Gasteiger partial charge in [0.25, 0.3) is 0 Å². The van der Waals surface area contributed by atoms with Gasteiger partial charge in [0.05, 0.1) is 17.6 Å². The van der Waals surface area contributed by atoms with Gasteiger partial charge >= 0.3 is 0 Å². The Balaban J connectivity index is 0.00000161. The molecule has 1 aliphatic carbocycles. The molecule has 1 saturated carbocycles. The summed E-state index contributed by atoms with van der Waals surface area (Å²) in [6.45, 7) is 5.34. The number of nitrogens with zero attached hydrogens (tertiary/aromatic N) is 1. The lowest BCUT2D eigenvalue weighted by atomic mass is 9.79. The number of piperidine rings is 1. The van der Waals surface area contributed by atoms with E-state index in [0.29, 0.717) is 24.7 Å². The minimum absolute atomic E-state index is 0. The summed E-state index contributed by atoms with van der Waals surface area (Å²) >= 11 is 0. The second-order valence-electron chi connectivity index (χ2n) is 7.18. The predicted octanol–water partition coefficient (Wildman–Crippen LogP) is 0.388. The van der Waals surface area contributed by atoms with E-state index < -0.39 is 12.2 Å². The summed E-state index contributed by atoms with van der Waals surface area (Å²) in [7, 11) is 0. The molecular formula is C15H27ClN2O3. The van der Waals surface area contributed by atoms with Crippen molar-refractivity contribution in [3.05, 3.63) is 0 Å². The zero-order chi connectivity index (χ0) is 14.3. The largest absolute Gasteiger partial charge is 0.390 e. The molecule has 0 aromatic carbocycles. The number of hydrogen-bond donors (Lipinski definition) is 3. The monoisotopic (exact) mass is 318 g/mol. The van der Waals surface area contributed by atoms with Crippen LogP contribution in [0.5, 0.6) is 0 Å². The van der Waals surface area contributed by atoms with E-state index in [0.717, 1.165) is 39.0 Å². The van der Waals surface area contributed by atoms with Gasteiger partial charge in [0.1, 0.15) is 0 Å². The Morgan fingerprint density at radius 1 is 1.19 bits per heavy atom. The first-order valence-corrected chi connectivity index (χ1v) is 7.86. The van der Waals surface area contributed by atoms with Crippen molar-refractivity contribution in [2.45, 2.75) is 44.8 Å². The van der Waals surface area contributed by atoms with Crippen LogP contribution >= 0.6 is 12.4 Å². The molecule has 5 nitrogen and oxygen atoms in total. The Morgan fingerprint density at radius 2 is 1.76 bits per heavy atom. The average molecular weight is 319 g/mol. The van der Waals surface area contributed by atoms with Crippen molar-refractivity contribution in [2.75, 3.05) is 26.2 Å². The molecule has 21 heavy (non-hydrogen) atoms. The van der Waals surface area contributed by atoms with Crippen molar-refractivity contribution in [2.24, 2.45) is 17.3 Å². The molecule has 3 fully saturated rings. The lowest BCUT2D eigenvalue weighted by Gasteiger charge is -2.36. The number of fused-ring (bicyclic) bond motifs is 1. The van der Waals surface area contributed by atoms with E-state index in [1.807, 2.05) is 4.90 Å². The van der Waals surface area contributed by atoms with Gasteiger partial charge in [-0.25, -0.2) is 0 Å². The van der Waals surface area contributed by atoms with E-state index in [-0.39, 0.29) is 23.7 Å². The van der Waals surface area contributed by atoms with Crippen LogP contribution in [-0.4, -0.2) is 59.4 Å². The molecule has 2 aliphatic heterocycles. The van der Waals surface area contributed by atoms with E-state index in [9.17, 15) is 15.0 Å². The van der Waals surface area contributed by atoms with Crippen LogP contribution in [0, 0.1) is 17.3 Å². The normalized spacial score (nSPS) is 43.1. The first-order chi connectivity index (χ1) is 9.49. The fourth-order valence-electron chi connectivity index (χ4n) is 4.19. The average Bonchev–Trinajstić information content (AvgIpc) is 2.82. The van der Waals surface area contributed by atoms with Crippen molar-refractivity contribution < 1.29 is 15.0 Å². The maximum Gasteiger partial charge on any atom is 0.229 e. The number of rotatable bonds is 1. The first kappa shape index (κ1) is 17.0. The topological polar surface area (TPSA) is 72.8 Å². The van der Waals surface area contributed by atoms with E-state index >= 15 is 0 Å². The van der Waals surface area contributed by atoms with Crippen LogP contribution in [0.4, 0.5) is 0 Å². The predicted molar refractivity (Wildman–Crippen MR) is 82.3 cm³/mol. The van der Waals surface area contributed by atoms with Crippen molar-refractivity contribution in [3.8, 4) is 0 Å². The highest BCUT2D eigenvalue weighted by Crippen LogP contribution is 2.39. The van der Waals surface area contributed by atoms with E-state index in [4.69, 9.17) is 0 Å². The molecule has 0 aromatic heterocycles. The summed E-state index contributed by atoms with van der Waals surface area (Å²) in [5, 5.41) is 22.9. The quantitative estimate of drug-likeness (QED) is 0.654. The third-order valence-corrected chi connectivity index (χ3v) is 5.51. The molecular weight excluding hydrogens is 292 g/mol. The van der Waals surface area contributed by atoms with Gasteiger partial charge in [-0.3, -0.25) is 4.79 Å². The SMILES string of the molecule is CC1(C(=O)N2C[C@H]3C[C@H](O)[C@H](O)C[C@H]3C2)CCCNC1.Cl. The number of halogens is 1. The Labute approximate surface area is 132 Å². The fraction of sp³-hybridized carbons (Fsp3) is 0.933. The zero-order valence-electron chi connectivity index (χ0n) is 12.6. The van der Waals surface area contributed by atoms with Gasteiger partial charge in [-0.15, -0.1) is 12.4 Å². The molecule has 0 bridgehead atoms. The second kappa shape index (κ2) is 6.41. The van der Waals surface area contributed by atoms with Gasteiger partial charge in [-0.2, -0.15) is 0 Å². The Hall–Kier alpha value is -0.360. The summed E-state index contributed by atoms with van der Waals surface area (Å²) < 4.78 is 0. The van der Waals surface area contributed by atoms with Crippen molar-refractivity contribution >= 4 is 18.3 Å². The number of likely N-dealkylation sites (tertiary alicyclic amines) is 1. The smallest absolute Gasteiger partial charge is 0.229 e. The van der Waals surface area contributed by atoms with Crippen LogP contribution in [0.2, 0.25) is 0 Å². The maximum absolute atomic E-state index is 12.8. The molecule has 3 N–H and O–H groups in total. The first-order valence-electron chi connectivity index (χ1n) is 7.86. The lowest BCUT2D eigenvalue weighted by Crippen LogP contribution is -2.49. The highest BCUT2D eigenvalue weighted by Gasteiger charge is 2.46. The lowest BCUT2D eigenvalue weighted by molar-refractivity contribution is -0.141. The summed E-state index contributed by atoms with van der Waals surface area (Å²) in [6, 6.07) is 0. The van der Waals surface area contributed by atoms with Crippen LogP contribution in [0.25, 0.3) is 0 Å². The fourth-order valence-corrected chi connectivity index (χ4v) is 4.19. The standard InChI is InChI=1S/C15H26N2O3.ClH/c1-15(3-2-4-16-9-15)14(20)17-7-10-5-12(18)13(19)6-11(10)8-17;/h10-13,16,18-19H,2-9H2,1H3;1H/t10-,11+,12+,13-,15?;. The van der Waals surface area contributed by atoms with Crippen molar-refractivity contribution in [3.63, 3.8) is 0 Å². The van der Waals surface area contributed by atoms with Crippen LogP contribution in [0.3, 0.4) is 0 Å². The molecule has 3 rings (SSSR count). The van der Waals surface area contributed by atoms with Gasteiger partial charge in [0.15, 0.2) is 0 Å². The number of carbonyl (C=O) groups is 1. The number of carbonyl (C=O) groups excluding carboxylic acids is 1. The van der Waals surface area contributed by atoms with Crippen LogP contribution in [0.15, 0.2) is 0 Å². The molecule has 2 heterocycles. The Morgan fingerprint density at radius 3 is 2.24 bits per heavy atom. The highest BCUT2D eigenvalue weighted by atomic mass is 35.5. The molecule has 122 valence electrons. The molecule has 2 saturated heterocycles. The number of hydrogen-bond acceptors (Lipinski definition) is 4. The Kier molecular flexibility index (Phi) is 5.19. The number of amides is 1. The van der Waals surface area contributed by atoms with Crippen LogP contribution in [0.1, 0.15) is 32.6 Å². The van der Waals surface area contributed by atoms with Crippen LogP contribution < -0.4 is 5.32 Å². The van der Waals surface area contributed by atoms with E-state index in [1.165, 1.54) is 0 Å². The Bertz CT molecular complexity index is 369. The van der Waals surface area contributed by atoms with Gasteiger partial charge in [-0.05, 0) is 51.0 Å². The number of nitrogens with one attached hydrogen (secondary N) is 1. The molecule has 5 atom stereocenters. The van der Waals surface area contributed by atoms with Crippen molar-refractivity contribution in [1.29, 1.82) is 0 Å². The summed E-state index contributed by atoms with van der Waals surface area (Å²) in [6.07, 6.45) is 2.04. The molecule has 1 amide bonds. The number of aliphatic hydroxyl groups is 2. The molecule has 3 aliphatic rings. The molecule has 6 heteroatoms. The highest BCUT2D eigenvalue weighted by molar-refractivity contribution is 5.85. The molecule has 0 aromatic rings. The van der Waals surface area contributed by atoms with Gasteiger partial charge < -0.3 is 20.4 Å². The van der Waals surface area contributed by atoms with E-state index in [1.54, 1.807) is 0 Å². The van der Waals surface area contributed by atoms with Gasteiger partial charge in [0, 0.05) is 19.6 Å². The zero-order valence-corrected chi connectivity index (χ0v) is 13.4. The summed E-state index contributed by atoms with van der Waals surface area (Å²) in [4.78, 5) is 14.8. The van der Waals surface area contributed by atoms with E-state index in [2.05, 4.69) is 12.2 Å². The van der Waals surface area contributed by atoms with Gasteiger partial charge in [0.2, 0.25) is 5.91 Å². The van der Waals surface area contributed by atoms with Crippen LogP contribution in [-0.2, 0) is 4.79 Å². The molecule has 1 unspecified atom stereocenters. The summed E-state index contributed by atoms with van der Waals surface area (Å²) in [5.74, 6) is 0.970. The third-order valence-electron chi connectivity index (χ3n) is 5.51. The molecule has 0 radical (unpaired) electrons. The molecule has 0 spiro atoms. The number of aliphatic hydroxyl groups excluding tert-OH is 2. The minimum Gasteiger partial charge on any atom is -0.390 e. The van der Waals surface area contributed by atoms with Crippen molar-refractivity contribution in [1.82, 2.24) is 10.2 Å². The second-order valence-corrected chi connectivity index (χ2v) is 7.18. The maximum atomic E-state index is 12.8. The third kappa shape index (κ3) is 3.21. The minimum atomic E-state index is -0.613. The van der Waals surface area contributed by atoms with Gasteiger partial charge in [-0.1, -0.05) is 0 Å².